The number of aryl methyl sites for hydroxylation is 1. The van der Waals surface area contributed by atoms with Gasteiger partial charge in [0, 0.05) is 38.8 Å². The zero-order valence-electron chi connectivity index (χ0n) is 15.8. The van der Waals surface area contributed by atoms with Gasteiger partial charge in [-0.2, -0.15) is 0 Å². The van der Waals surface area contributed by atoms with Gasteiger partial charge in [0.1, 0.15) is 0 Å². The first-order valence-electron chi connectivity index (χ1n) is 9.20. The highest BCUT2D eigenvalue weighted by molar-refractivity contribution is 14.0. The van der Waals surface area contributed by atoms with Crippen molar-refractivity contribution in [3.63, 3.8) is 0 Å². The number of carbonyl (C=O) groups excluding carboxylic acids is 1. The second-order valence-electron chi connectivity index (χ2n) is 6.37. The smallest absolute Gasteiger partial charge is 0.287 e. The molecule has 8 heteroatoms. The number of furan rings is 1. The number of amides is 1. The second-order valence-corrected chi connectivity index (χ2v) is 6.37. The van der Waals surface area contributed by atoms with Gasteiger partial charge in [-0.05, 0) is 45.3 Å². The highest BCUT2D eigenvalue weighted by atomic mass is 127. The summed E-state index contributed by atoms with van der Waals surface area (Å²) in [5, 5.41) is 9.48. The van der Waals surface area contributed by atoms with Crippen molar-refractivity contribution < 1.29 is 9.21 Å². The summed E-state index contributed by atoms with van der Waals surface area (Å²) in [7, 11) is 1.78. The van der Waals surface area contributed by atoms with E-state index in [9.17, 15) is 4.79 Å². The molecular formula is C18H32IN5O2. The van der Waals surface area contributed by atoms with Crippen molar-refractivity contribution in [3.8, 4) is 0 Å². The molecule has 1 aromatic rings. The normalized spacial score (nSPS) is 15.2. The summed E-state index contributed by atoms with van der Waals surface area (Å²) < 4.78 is 5.17. The molecule has 2 rings (SSSR count). The molecule has 1 aliphatic heterocycles. The van der Waals surface area contributed by atoms with E-state index >= 15 is 0 Å². The fourth-order valence-electron chi connectivity index (χ4n) is 2.92. The van der Waals surface area contributed by atoms with Gasteiger partial charge in [-0.25, -0.2) is 0 Å². The van der Waals surface area contributed by atoms with Crippen molar-refractivity contribution in [2.24, 2.45) is 4.99 Å². The number of nitrogens with one attached hydrogen (secondary N) is 3. The summed E-state index contributed by atoms with van der Waals surface area (Å²) in [6.45, 7) is 7.58. The predicted molar refractivity (Wildman–Crippen MR) is 115 cm³/mol. The van der Waals surface area contributed by atoms with Gasteiger partial charge < -0.3 is 25.3 Å². The molecule has 3 N–H and O–H groups in total. The number of nitrogens with zero attached hydrogens (tertiary/aromatic N) is 2. The summed E-state index contributed by atoms with van der Waals surface area (Å²) in [4.78, 5) is 18.6. The van der Waals surface area contributed by atoms with E-state index in [1.54, 1.807) is 13.1 Å². The number of aliphatic imine (C=N–C) groups is 1. The first kappa shape index (κ1) is 22.8. The molecule has 1 fully saturated rings. The minimum Gasteiger partial charge on any atom is -0.459 e. The molecule has 148 valence electrons. The molecule has 1 amide bonds. The molecule has 0 spiro atoms. The number of hydrogen-bond donors (Lipinski definition) is 3. The van der Waals surface area contributed by atoms with Crippen molar-refractivity contribution in [1.29, 1.82) is 0 Å². The van der Waals surface area contributed by atoms with Crippen molar-refractivity contribution >= 4 is 35.8 Å². The average Bonchev–Trinajstić information content (AvgIpc) is 3.06. The topological polar surface area (TPSA) is 81.9 Å². The molecule has 0 radical (unpaired) electrons. The van der Waals surface area contributed by atoms with Crippen molar-refractivity contribution in [1.82, 2.24) is 20.9 Å². The maximum Gasteiger partial charge on any atom is 0.287 e. The monoisotopic (exact) mass is 477 g/mol. The van der Waals surface area contributed by atoms with E-state index in [4.69, 9.17) is 4.42 Å². The van der Waals surface area contributed by atoms with Crippen molar-refractivity contribution in [2.45, 2.75) is 32.6 Å². The maximum atomic E-state index is 11.9. The lowest BCUT2D eigenvalue weighted by molar-refractivity contribution is 0.0925. The van der Waals surface area contributed by atoms with E-state index in [-0.39, 0.29) is 29.9 Å². The molecule has 2 heterocycles. The van der Waals surface area contributed by atoms with Crippen LogP contribution in [0.5, 0.6) is 0 Å². The average molecular weight is 477 g/mol. The molecule has 1 aliphatic rings. The molecule has 0 atom stereocenters. The summed E-state index contributed by atoms with van der Waals surface area (Å²) in [6, 6.07) is 1.79. The molecule has 0 aromatic carbocycles. The number of hydrogen-bond acceptors (Lipinski definition) is 4. The Morgan fingerprint density at radius 1 is 1.15 bits per heavy atom. The van der Waals surface area contributed by atoms with Gasteiger partial charge in [0.2, 0.25) is 0 Å². The maximum absolute atomic E-state index is 11.9. The Hall–Kier alpha value is -1.29. The first-order chi connectivity index (χ1) is 12.2. The Labute approximate surface area is 173 Å². The van der Waals surface area contributed by atoms with Crippen LogP contribution in [0.4, 0.5) is 0 Å². The number of halogens is 1. The van der Waals surface area contributed by atoms with Gasteiger partial charge in [0.25, 0.3) is 5.91 Å². The largest absolute Gasteiger partial charge is 0.459 e. The van der Waals surface area contributed by atoms with Gasteiger partial charge in [-0.3, -0.25) is 9.79 Å². The number of rotatable bonds is 8. The third-order valence-corrected chi connectivity index (χ3v) is 4.39. The van der Waals surface area contributed by atoms with Crippen LogP contribution in [0.1, 0.15) is 41.8 Å². The molecule has 0 aliphatic carbocycles. The predicted octanol–water partition coefficient (Wildman–Crippen LogP) is 1.98. The Morgan fingerprint density at radius 3 is 2.50 bits per heavy atom. The van der Waals surface area contributed by atoms with Crippen LogP contribution in [-0.4, -0.2) is 63.1 Å². The van der Waals surface area contributed by atoms with Crippen molar-refractivity contribution in [2.75, 3.05) is 46.3 Å². The van der Waals surface area contributed by atoms with Gasteiger partial charge in [-0.1, -0.05) is 6.42 Å². The molecule has 0 saturated carbocycles. The highest BCUT2D eigenvalue weighted by Crippen LogP contribution is 2.08. The van der Waals surface area contributed by atoms with E-state index in [1.807, 2.05) is 6.92 Å². The summed E-state index contributed by atoms with van der Waals surface area (Å²) in [5.74, 6) is 1.04. The van der Waals surface area contributed by atoms with Gasteiger partial charge in [0.05, 0.1) is 6.26 Å². The van der Waals surface area contributed by atoms with Gasteiger partial charge >= 0.3 is 0 Å². The third-order valence-electron chi connectivity index (χ3n) is 4.39. The lowest BCUT2D eigenvalue weighted by Crippen LogP contribution is -2.43. The van der Waals surface area contributed by atoms with E-state index in [1.165, 1.54) is 38.6 Å². The Balaban J connectivity index is 0.00000338. The summed E-state index contributed by atoms with van der Waals surface area (Å²) in [6.07, 6.45) is 6.35. The third kappa shape index (κ3) is 7.94. The van der Waals surface area contributed by atoms with E-state index < -0.39 is 0 Å². The van der Waals surface area contributed by atoms with E-state index in [2.05, 4.69) is 25.8 Å². The fourth-order valence-corrected chi connectivity index (χ4v) is 2.92. The molecule has 1 saturated heterocycles. The zero-order valence-corrected chi connectivity index (χ0v) is 18.2. The Kier molecular flexibility index (Phi) is 11.3. The number of likely N-dealkylation sites (tertiary alicyclic amines) is 1. The van der Waals surface area contributed by atoms with Crippen LogP contribution in [0.15, 0.2) is 21.7 Å². The van der Waals surface area contributed by atoms with Crippen LogP contribution in [0.25, 0.3) is 0 Å². The van der Waals surface area contributed by atoms with Crippen LogP contribution >= 0.6 is 24.0 Å². The standard InChI is InChI=1S/C18H31N5O2.HI/c1-15-7-14-25-16(15)17(24)20-8-6-9-21-18(19-2)22-10-13-23-11-4-3-5-12-23;/h7,14H,3-6,8-13H2,1-2H3,(H,20,24)(H2,19,21,22);1H. The minimum absolute atomic E-state index is 0. The first-order valence-corrected chi connectivity index (χ1v) is 9.20. The second kappa shape index (κ2) is 13.0. The molecule has 7 nitrogen and oxygen atoms in total. The van der Waals surface area contributed by atoms with Gasteiger partial charge in [0.15, 0.2) is 11.7 Å². The van der Waals surface area contributed by atoms with Crippen LogP contribution in [0.2, 0.25) is 0 Å². The quantitative estimate of drug-likeness (QED) is 0.231. The van der Waals surface area contributed by atoms with Crippen molar-refractivity contribution in [3.05, 3.63) is 23.7 Å². The molecule has 26 heavy (non-hydrogen) atoms. The van der Waals surface area contributed by atoms with Gasteiger partial charge in [-0.15, -0.1) is 24.0 Å². The molecule has 0 unspecified atom stereocenters. The minimum atomic E-state index is -0.161. The van der Waals surface area contributed by atoms with E-state index in [0.717, 1.165) is 37.6 Å². The van der Waals surface area contributed by atoms with Crippen LogP contribution in [0, 0.1) is 6.92 Å². The Bertz CT molecular complexity index is 556. The van der Waals surface area contributed by atoms with Crippen LogP contribution in [-0.2, 0) is 0 Å². The number of guanidine groups is 1. The molecular weight excluding hydrogens is 445 g/mol. The fraction of sp³-hybridized carbons (Fsp3) is 0.667. The SMILES string of the molecule is CN=C(NCCCNC(=O)c1occc1C)NCCN1CCCCC1.I. The number of piperidine rings is 1. The van der Waals surface area contributed by atoms with Crippen LogP contribution < -0.4 is 16.0 Å². The highest BCUT2D eigenvalue weighted by Gasteiger charge is 2.11. The lowest BCUT2D eigenvalue weighted by Gasteiger charge is -2.26. The van der Waals surface area contributed by atoms with E-state index in [0.29, 0.717) is 12.3 Å². The molecule has 0 bridgehead atoms. The lowest BCUT2D eigenvalue weighted by atomic mass is 10.1. The molecule has 1 aromatic heterocycles. The summed E-state index contributed by atoms with van der Waals surface area (Å²) >= 11 is 0. The Morgan fingerprint density at radius 2 is 1.85 bits per heavy atom. The zero-order chi connectivity index (χ0) is 17.9. The van der Waals surface area contributed by atoms with Crippen LogP contribution in [0.3, 0.4) is 0 Å². The summed E-state index contributed by atoms with van der Waals surface area (Å²) in [5.41, 5.74) is 0.855. The number of carbonyl (C=O) groups is 1.